The lowest BCUT2D eigenvalue weighted by Crippen LogP contribution is -2.49. The number of carbonyl (C=O) groups is 1. The Morgan fingerprint density at radius 1 is 0.825 bits per heavy atom. The average Bonchev–Trinajstić information content (AvgIpc) is 2.98. The molecule has 2 aromatic rings. The minimum atomic E-state index is -0.993. The van der Waals surface area contributed by atoms with Crippen LogP contribution in [-0.4, -0.2) is 72.4 Å². The summed E-state index contributed by atoms with van der Waals surface area (Å²) in [5.41, 5.74) is -0.354. The van der Waals surface area contributed by atoms with Gasteiger partial charge in [-0.05, 0) is 99.8 Å². The minimum absolute atomic E-state index is 0.0238. The van der Waals surface area contributed by atoms with E-state index in [9.17, 15) is 9.90 Å². The number of likely N-dealkylation sites (tertiary alicyclic amines) is 2. The van der Waals surface area contributed by atoms with Crippen molar-refractivity contribution in [2.75, 3.05) is 45.9 Å². The highest BCUT2D eigenvalue weighted by atomic mass is 35.5. The van der Waals surface area contributed by atoms with Gasteiger partial charge in [0, 0.05) is 31.3 Å². The number of piperidine rings is 2. The summed E-state index contributed by atoms with van der Waals surface area (Å²) in [5.74, 6) is 2.85. The van der Waals surface area contributed by atoms with Gasteiger partial charge < -0.3 is 24.4 Å². The van der Waals surface area contributed by atoms with Crippen molar-refractivity contribution in [3.05, 3.63) is 58.1 Å². The molecule has 1 N–H and O–H groups in total. The molecule has 0 spiro atoms. The second kappa shape index (κ2) is 13.8. The summed E-state index contributed by atoms with van der Waals surface area (Å²) in [7, 11) is 0. The fourth-order valence-electron chi connectivity index (χ4n) is 6.22. The van der Waals surface area contributed by atoms with Crippen LogP contribution < -0.4 is 9.47 Å². The Morgan fingerprint density at radius 3 is 2.17 bits per heavy atom. The highest BCUT2D eigenvalue weighted by Gasteiger charge is 2.35. The lowest BCUT2D eigenvalue weighted by molar-refractivity contribution is -0.0475. The van der Waals surface area contributed by atoms with Gasteiger partial charge in [-0.15, -0.1) is 0 Å². The van der Waals surface area contributed by atoms with Gasteiger partial charge in [-0.1, -0.05) is 42.5 Å². The molecule has 3 aliphatic rings. The van der Waals surface area contributed by atoms with E-state index in [0.29, 0.717) is 53.2 Å². The molecule has 0 radical (unpaired) electrons. The van der Waals surface area contributed by atoms with E-state index >= 15 is 0 Å². The van der Waals surface area contributed by atoms with Gasteiger partial charge in [0.25, 0.3) is 5.91 Å². The number of amides is 1. The largest absolute Gasteiger partial charge is 0.493 e. The average molecular weight is 590 g/mol. The molecule has 3 fully saturated rings. The number of carbonyl (C=O) groups excluding carboxylic acids is 1. The lowest BCUT2D eigenvalue weighted by Gasteiger charge is -2.38. The summed E-state index contributed by atoms with van der Waals surface area (Å²) < 4.78 is 11.9. The van der Waals surface area contributed by atoms with Crippen molar-refractivity contribution in [1.82, 2.24) is 9.80 Å². The van der Waals surface area contributed by atoms with Gasteiger partial charge >= 0.3 is 0 Å². The summed E-state index contributed by atoms with van der Waals surface area (Å²) in [4.78, 5) is 17.5. The fraction of sp³-hybridized carbons (Fsp3) is 0.594. The zero-order chi connectivity index (χ0) is 28.0. The van der Waals surface area contributed by atoms with E-state index in [-0.39, 0.29) is 12.5 Å². The molecule has 8 heteroatoms. The van der Waals surface area contributed by atoms with Gasteiger partial charge in [0.05, 0.1) is 16.7 Å². The van der Waals surface area contributed by atoms with Gasteiger partial charge in [0.15, 0.2) is 0 Å². The maximum Gasteiger partial charge on any atom is 0.253 e. The van der Waals surface area contributed by atoms with E-state index in [2.05, 4.69) is 4.90 Å². The first kappa shape index (κ1) is 29.5. The zero-order valence-corrected chi connectivity index (χ0v) is 24.8. The Balaban J connectivity index is 1.02. The summed E-state index contributed by atoms with van der Waals surface area (Å²) in [6, 6.07) is 12.5. The summed E-state index contributed by atoms with van der Waals surface area (Å²) in [6.07, 6.45) is 10.4. The van der Waals surface area contributed by atoms with Gasteiger partial charge in [-0.25, -0.2) is 0 Å². The second-order valence-electron chi connectivity index (χ2n) is 12.0. The first-order valence-electron chi connectivity index (χ1n) is 14.9. The molecule has 2 saturated heterocycles. The van der Waals surface area contributed by atoms with Crippen molar-refractivity contribution < 1.29 is 19.4 Å². The van der Waals surface area contributed by atoms with Crippen LogP contribution in [0.1, 0.15) is 68.1 Å². The number of nitrogens with zero attached hydrogens (tertiary/aromatic N) is 2. The first-order chi connectivity index (χ1) is 19.4. The van der Waals surface area contributed by atoms with Crippen LogP contribution in [0.3, 0.4) is 0 Å². The normalized spacial score (nSPS) is 20.8. The number of rotatable bonds is 9. The first-order valence-corrected chi connectivity index (χ1v) is 15.7. The third-order valence-electron chi connectivity index (χ3n) is 8.92. The molecule has 0 atom stereocenters. The predicted octanol–water partition coefficient (Wildman–Crippen LogP) is 6.71. The maximum atomic E-state index is 13.1. The summed E-state index contributed by atoms with van der Waals surface area (Å²) >= 11 is 12.0. The van der Waals surface area contributed by atoms with Crippen LogP contribution in [0.15, 0.2) is 42.5 Å². The monoisotopic (exact) mass is 588 g/mol. The number of hydrogen-bond acceptors (Lipinski definition) is 5. The molecular weight excluding hydrogens is 547 g/mol. The quantitative estimate of drug-likeness (QED) is 0.352. The molecular formula is C32H42Cl2N2O4. The predicted molar refractivity (Wildman–Crippen MR) is 160 cm³/mol. The Hall–Kier alpha value is -1.99. The minimum Gasteiger partial charge on any atom is -0.493 e. The van der Waals surface area contributed by atoms with Gasteiger partial charge in [-0.3, -0.25) is 4.79 Å². The van der Waals surface area contributed by atoms with Gasteiger partial charge in [0.2, 0.25) is 0 Å². The van der Waals surface area contributed by atoms with Crippen molar-refractivity contribution in [3.63, 3.8) is 0 Å². The van der Waals surface area contributed by atoms with Crippen LogP contribution in [-0.2, 0) is 0 Å². The van der Waals surface area contributed by atoms with E-state index in [4.69, 9.17) is 32.7 Å². The molecule has 6 nitrogen and oxygen atoms in total. The highest BCUT2D eigenvalue weighted by Crippen LogP contribution is 2.30. The number of halogens is 2. The number of benzene rings is 2. The molecule has 2 aliphatic heterocycles. The van der Waals surface area contributed by atoms with E-state index in [1.54, 1.807) is 23.1 Å². The van der Waals surface area contributed by atoms with Crippen molar-refractivity contribution in [1.29, 1.82) is 0 Å². The van der Waals surface area contributed by atoms with Crippen LogP contribution in [0.4, 0.5) is 0 Å². The van der Waals surface area contributed by atoms with E-state index in [0.717, 1.165) is 18.3 Å². The molecule has 0 unspecified atom stereocenters. The second-order valence-corrected chi connectivity index (χ2v) is 12.8. The Morgan fingerprint density at radius 2 is 1.50 bits per heavy atom. The van der Waals surface area contributed by atoms with Gasteiger partial charge in [0.1, 0.15) is 23.7 Å². The molecule has 5 rings (SSSR count). The molecule has 218 valence electrons. The molecule has 1 amide bonds. The standard InChI is InChI=1S/C32H42Cl2N2O4/c33-29-11-10-28(20-30(29)34)40-23-32(38)14-18-36(19-15-32)31(37)26-6-8-27(9-7-26)39-22-25-12-16-35(17-13-25)21-24-4-2-1-3-5-24/h6-11,20,24-25,38H,1-5,12-19,21-23H2. The van der Waals surface area contributed by atoms with Crippen LogP contribution in [0.2, 0.25) is 10.0 Å². The molecule has 1 aliphatic carbocycles. The number of aliphatic hydroxyl groups is 1. The van der Waals surface area contributed by atoms with Crippen LogP contribution >= 0.6 is 23.2 Å². The lowest BCUT2D eigenvalue weighted by atomic mass is 9.88. The topological polar surface area (TPSA) is 62.2 Å². The maximum absolute atomic E-state index is 13.1. The molecule has 0 aromatic heterocycles. The van der Waals surface area contributed by atoms with Crippen molar-refractivity contribution in [2.45, 2.75) is 63.4 Å². The Bertz CT molecular complexity index is 1110. The van der Waals surface area contributed by atoms with Crippen molar-refractivity contribution >= 4 is 29.1 Å². The highest BCUT2D eigenvalue weighted by molar-refractivity contribution is 6.42. The van der Waals surface area contributed by atoms with Crippen LogP contribution in [0.5, 0.6) is 11.5 Å². The zero-order valence-electron chi connectivity index (χ0n) is 23.3. The number of ether oxygens (including phenoxy) is 2. The van der Waals surface area contributed by atoms with Crippen LogP contribution in [0, 0.1) is 11.8 Å². The third kappa shape index (κ3) is 8.06. The molecule has 0 bridgehead atoms. The van der Waals surface area contributed by atoms with E-state index in [1.807, 2.05) is 24.3 Å². The SMILES string of the molecule is O=C(c1ccc(OCC2CCN(CC3CCCCC3)CC2)cc1)N1CCC(O)(COc2ccc(Cl)c(Cl)c2)CC1. The molecule has 2 heterocycles. The Labute approximate surface area is 248 Å². The van der Waals surface area contributed by atoms with E-state index < -0.39 is 5.60 Å². The summed E-state index contributed by atoms with van der Waals surface area (Å²) in [5, 5.41) is 11.8. The fourth-order valence-corrected chi connectivity index (χ4v) is 6.50. The summed E-state index contributed by atoms with van der Waals surface area (Å²) in [6.45, 7) is 5.47. The third-order valence-corrected chi connectivity index (χ3v) is 9.65. The van der Waals surface area contributed by atoms with Crippen molar-refractivity contribution in [2.24, 2.45) is 11.8 Å². The smallest absolute Gasteiger partial charge is 0.253 e. The molecule has 40 heavy (non-hydrogen) atoms. The molecule has 1 saturated carbocycles. The van der Waals surface area contributed by atoms with Crippen LogP contribution in [0.25, 0.3) is 0 Å². The Kier molecular flexibility index (Phi) is 10.2. The molecule has 2 aromatic carbocycles. The van der Waals surface area contributed by atoms with Gasteiger partial charge in [-0.2, -0.15) is 0 Å². The van der Waals surface area contributed by atoms with E-state index in [1.165, 1.54) is 64.6 Å². The number of hydrogen-bond donors (Lipinski definition) is 1. The van der Waals surface area contributed by atoms with Crippen molar-refractivity contribution in [3.8, 4) is 11.5 Å².